The topological polar surface area (TPSA) is 8.17 Å². The lowest BCUT2D eigenvalue weighted by atomic mass is 9.99. The Labute approximate surface area is 161 Å². The van der Waals surface area contributed by atoms with Crippen LogP contribution in [-0.2, 0) is 19.3 Å². The van der Waals surface area contributed by atoms with E-state index < -0.39 is 11.7 Å². The highest BCUT2D eigenvalue weighted by atomic mass is 19.4. The quantitative estimate of drug-likeness (QED) is 0.527. The molecule has 0 bridgehead atoms. The zero-order valence-corrected chi connectivity index (χ0v) is 15.2. The SMILES string of the molecule is Fc1ccccc1CN1CCCn2cccc2[C@H]1c1ccc(C(F)(F)F)cc1. The minimum Gasteiger partial charge on any atom is -0.350 e. The molecular formula is C22H20F4N2. The summed E-state index contributed by atoms with van der Waals surface area (Å²) >= 11 is 0. The summed E-state index contributed by atoms with van der Waals surface area (Å²) in [6.45, 7) is 1.94. The molecule has 146 valence electrons. The number of alkyl halides is 3. The first kappa shape index (κ1) is 18.7. The monoisotopic (exact) mass is 388 g/mol. The van der Waals surface area contributed by atoms with Crippen LogP contribution in [0.4, 0.5) is 17.6 Å². The zero-order chi connectivity index (χ0) is 19.7. The number of nitrogens with zero attached hydrogens (tertiary/aromatic N) is 2. The van der Waals surface area contributed by atoms with Crippen molar-refractivity contribution in [2.45, 2.75) is 31.7 Å². The van der Waals surface area contributed by atoms with Crippen molar-refractivity contribution in [1.29, 1.82) is 0 Å². The molecule has 0 unspecified atom stereocenters. The van der Waals surface area contributed by atoms with E-state index in [1.807, 2.05) is 18.3 Å². The number of benzene rings is 2. The zero-order valence-electron chi connectivity index (χ0n) is 15.2. The Morgan fingerprint density at radius 1 is 0.893 bits per heavy atom. The van der Waals surface area contributed by atoms with E-state index >= 15 is 0 Å². The number of hydrogen-bond donors (Lipinski definition) is 0. The van der Waals surface area contributed by atoms with Gasteiger partial charge in [0.05, 0.1) is 11.6 Å². The van der Waals surface area contributed by atoms with Crippen molar-refractivity contribution in [3.05, 3.63) is 95.1 Å². The normalized spacial score (nSPS) is 17.9. The van der Waals surface area contributed by atoms with Crippen molar-refractivity contribution < 1.29 is 17.6 Å². The molecule has 0 fully saturated rings. The Morgan fingerprint density at radius 2 is 1.64 bits per heavy atom. The molecular weight excluding hydrogens is 368 g/mol. The van der Waals surface area contributed by atoms with Gasteiger partial charge in [0.15, 0.2) is 0 Å². The first-order chi connectivity index (χ1) is 13.4. The average Bonchev–Trinajstić information content (AvgIpc) is 3.04. The van der Waals surface area contributed by atoms with E-state index in [0.29, 0.717) is 12.1 Å². The minimum atomic E-state index is -4.37. The third-order valence-electron chi connectivity index (χ3n) is 5.24. The molecule has 1 aromatic heterocycles. The molecule has 28 heavy (non-hydrogen) atoms. The Hall–Kier alpha value is -2.60. The van der Waals surface area contributed by atoms with Crippen molar-refractivity contribution in [2.24, 2.45) is 0 Å². The number of fused-ring (bicyclic) bond motifs is 1. The second-order valence-corrected chi connectivity index (χ2v) is 7.06. The van der Waals surface area contributed by atoms with Crippen LogP contribution in [0.3, 0.4) is 0 Å². The molecule has 0 spiro atoms. The number of aryl methyl sites for hydroxylation is 1. The van der Waals surface area contributed by atoms with E-state index in [-0.39, 0.29) is 11.9 Å². The van der Waals surface area contributed by atoms with E-state index in [2.05, 4.69) is 9.47 Å². The van der Waals surface area contributed by atoms with Gasteiger partial charge in [0, 0.05) is 37.1 Å². The van der Waals surface area contributed by atoms with Gasteiger partial charge in [-0.25, -0.2) is 4.39 Å². The predicted octanol–water partition coefficient (Wildman–Crippen LogP) is 5.64. The van der Waals surface area contributed by atoms with Crippen molar-refractivity contribution in [3.8, 4) is 0 Å². The minimum absolute atomic E-state index is 0.237. The molecule has 4 rings (SSSR count). The molecule has 2 nitrogen and oxygen atoms in total. The highest BCUT2D eigenvalue weighted by molar-refractivity contribution is 5.33. The number of rotatable bonds is 3. The molecule has 0 saturated carbocycles. The summed E-state index contributed by atoms with van der Waals surface area (Å²) in [6.07, 6.45) is -1.50. The second kappa shape index (κ2) is 7.43. The summed E-state index contributed by atoms with van der Waals surface area (Å²) in [5.41, 5.74) is 1.69. The molecule has 1 aliphatic heterocycles. The van der Waals surface area contributed by atoms with Crippen LogP contribution < -0.4 is 0 Å². The third-order valence-corrected chi connectivity index (χ3v) is 5.24. The molecule has 0 N–H and O–H groups in total. The summed E-state index contributed by atoms with van der Waals surface area (Å²) in [4.78, 5) is 2.14. The van der Waals surface area contributed by atoms with Gasteiger partial charge in [0.25, 0.3) is 0 Å². The molecule has 3 aromatic rings. The van der Waals surface area contributed by atoms with Crippen LogP contribution >= 0.6 is 0 Å². The molecule has 0 radical (unpaired) electrons. The predicted molar refractivity (Wildman–Crippen MR) is 99.1 cm³/mol. The Balaban J connectivity index is 1.73. The molecule has 1 atom stereocenters. The third kappa shape index (κ3) is 3.69. The van der Waals surface area contributed by atoms with Crippen LogP contribution in [0.25, 0.3) is 0 Å². The lowest BCUT2D eigenvalue weighted by Gasteiger charge is -2.31. The summed E-state index contributed by atoms with van der Waals surface area (Å²) in [7, 11) is 0. The maximum absolute atomic E-state index is 14.2. The molecule has 2 aromatic carbocycles. The Kier molecular flexibility index (Phi) is 4.98. The molecule has 2 heterocycles. The van der Waals surface area contributed by atoms with Crippen LogP contribution in [0.5, 0.6) is 0 Å². The highest BCUT2D eigenvalue weighted by Gasteiger charge is 2.32. The van der Waals surface area contributed by atoms with Gasteiger partial charge in [-0.05, 0) is 42.3 Å². The van der Waals surface area contributed by atoms with Crippen LogP contribution in [0, 0.1) is 5.82 Å². The van der Waals surface area contributed by atoms with Gasteiger partial charge in [0.1, 0.15) is 5.82 Å². The first-order valence-corrected chi connectivity index (χ1v) is 9.23. The maximum atomic E-state index is 14.2. The van der Waals surface area contributed by atoms with E-state index in [9.17, 15) is 17.6 Å². The lowest BCUT2D eigenvalue weighted by molar-refractivity contribution is -0.137. The largest absolute Gasteiger partial charge is 0.416 e. The molecule has 1 aliphatic rings. The molecule has 0 aliphatic carbocycles. The molecule has 6 heteroatoms. The highest BCUT2D eigenvalue weighted by Crippen LogP contribution is 2.35. The van der Waals surface area contributed by atoms with Gasteiger partial charge < -0.3 is 4.57 Å². The Morgan fingerprint density at radius 3 is 2.36 bits per heavy atom. The van der Waals surface area contributed by atoms with Crippen molar-refractivity contribution in [2.75, 3.05) is 6.54 Å². The van der Waals surface area contributed by atoms with E-state index in [1.165, 1.54) is 18.2 Å². The smallest absolute Gasteiger partial charge is 0.350 e. The van der Waals surface area contributed by atoms with Crippen LogP contribution in [-0.4, -0.2) is 16.0 Å². The second-order valence-electron chi connectivity index (χ2n) is 7.06. The first-order valence-electron chi connectivity index (χ1n) is 9.23. The number of halogens is 4. The van der Waals surface area contributed by atoms with Crippen LogP contribution in [0.15, 0.2) is 66.9 Å². The fourth-order valence-corrected chi connectivity index (χ4v) is 3.89. The van der Waals surface area contributed by atoms with Gasteiger partial charge in [0.2, 0.25) is 0 Å². The van der Waals surface area contributed by atoms with Gasteiger partial charge >= 0.3 is 6.18 Å². The van der Waals surface area contributed by atoms with Gasteiger partial charge in [-0.3, -0.25) is 4.90 Å². The maximum Gasteiger partial charge on any atom is 0.416 e. The van der Waals surface area contributed by atoms with E-state index in [0.717, 1.165) is 42.9 Å². The number of aromatic nitrogens is 1. The summed E-state index contributed by atoms with van der Waals surface area (Å²) in [5, 5.41) is 0. The molecule has 0 saturated heterocycles. The van der Waals surface area contributed by atoms with Crippen molar-refractivity contribution >= 4 is 0 Å². The standard InChI is InChI=1S/C22H20F4N2/c23-19-6-2-1-5-17(19)15-28-14-4-13-27-12-3-7-20(27)21(28)16-8-10-18(11-9-16)22(24,25)26/h1-3,5-12,21H,4,13-15H2/t21-/m1/s1. The van der Waals surface area contributed by atoms with Gasteiger partial charge in [-0.1, -0.05) is 30.3 Å². The summed E-state index contributed by atoms with van der Waals surface area (Å²) < 4.78 is 55.3. The van der Waals surface area contributed by atoms with E-state index in [4.69, 9.17) is 0 Å². The van der Waals surface area contributed by atoms with Crippen molar-refractivity contribution in [1.82, 2.24) is 9.47 Å². The van der Waals surface area contributed by atoms with Crippen molar-refractivity contribution in [3.63, 3.8) is 0 Å². The summed E-state index contributed by atoms with van der Waals surface area (Å²) in [6, 6.07) is 15.6. The van der Waals surface area contributed by atoms with Gasteiger partial charge in [-0.2, -0.15) is 13.2 Å². The fraction of sp³-hybridized carbons (Fsp3) is 0.273. The average molecular weight is 388 g/mol. The molecule has 0 amide bonds. The van der Waals surface area contributed by atoms with Gasteiger partial charge in [-0.15, -0.1) is 0 Å². The summed E-state index contributed by atoms with van der Waals surface area (Å²) in [5.74, 6) is -0.270. The lowest BCUT2D eigenvalue weighted by Crippen LogP contribution is -2.30. The van der Waals surface area contributed by atoms with Crippen LogP contribution in [0.1, 0.15) is 34.8 Å². The Bertz CT molecular complexity index is 944. The van der Waals surface area contributed by atoms with E-state index in [1.54, 1.807) is 18.2 Å². The fourth-order valence-electron chi connectivity index (χ4n) is 3.89. The van der Waals surface area contributed by atoms with Crippen LogP contribution in [0.2, 0.25) is 0 Å². The number of hydrogen-bond acceptors (Lipinski definition) is 1.